The number of amides is 3. The van der Waals surface area contributed by atoms with Crippen molar-refractivity contribution in [2.75, 3.05) is 44.2 Å². The second-order valence-electron chi connectivity index (χ2n) is 12.2. The highest BCUT2D eigenvalue weighted by atomic mass is 16.7. The van der Waals surface area contributed by atoms with Gasteiger partial charge in [-0.2, -0.15) is 0 Å². The molecule has 0 saturated carbocycles. The second kappa shape index (κ2) is 13.7. The van der Waals surface area contributed by atoms with Crippen molar-refractivity contribution in [3.63, 3.8) is 0 Å². The molecular weight excluding hydrogens is 584 g/mol. The van der Waals surface area contributed by atoms with E-state index in [0.29, 0.717) is 42.3 Å². The zero-order valence-corrected chi connectivity index (χ0v) is 26.4. The van der Waals surface area contributed by atoms with Gasteiger partial charge in [-0.15, -0.1) is 0 Å². The van der Waals surface area contributed by atoms with E-state index in [0.717, 1.165) is 27.8 Å². The molecule has 46 heavy (non-hydrogen) atoms. The maximum absolute atomic E-state index is 13.6. The number of anilines is 2. The number of rotatable bonds is 8. The molecule has 2 aliphatic heterocycles. The number of carbonyl (C=O) groups excluding carboxylic acids is 2. The Balaban J connectivity index is 1.21. The predicted molar refractivity (Wildman–Crippen MR) is 177 cm³/mol. The Morgan fingerprint density at radius 3 is 2.63 bits per heavy atom. The number of carbonyl (C=O) groups is 2. The van der Waals surface area contributed by atoms with E-state index >= 15 is 0 Å². The summed E-state index contributed by atoms with van der Waals surface area (Å²) in [5.74, 6) is 1.95. The van der Waals surface area contributed by atoms with Gasteiger partial charge in [0.25, 0.3) is 0 Å². The van der Waals surface area contributed by atoms with E-state index in [1.54, 1.807) is 17.0 Å². The van der Waals surface area contributed by atoms with Gasteiger partial charge in [-0.25, -0.2) is 4.79 Å². The highest BCUT2D eigenvalue weighted by Crippen LogP contribution is 2.33. The topological polar surface area (TPSA) is 113 Å². The van der Waals surface area contributed by atoms with E-state index in [2.05, 4.69) is 22.5 Å². The number of nitrogens with one attached hydrogen (secondary N) is 2. The lowest BCUT2D eigenvalue weighted by Crippen LogP contribution is -2.47. The number of hydrogen-bond acceptors (Lipinski definition) is 7. The van der Waals surface area contributed by atoms with Crippen molar-refractivity contribution < 1.29 is 28.9 Å². The third kappa shape index (κ3) is 7.03. The van der Waals surface area contributed by atoms with Gasteiger partial charge >= 0.3 is 6.03 Å². The summed E-state index contributed by atoms with van der Waals surface area (Å²) in [6.45, 7) is 5.71. The number of aliphatic hydroxyl groups excluding tert-OH is 1. The van der Waals surface area contributed by atoms with Gasteiger partial charge in [-0.05, 0) is 61.3 Å². The van der Waals surface area contributed by atoms with Crippen LogP contribution in [0.25, 0.3) is 10.8 Å². The van der Waals surface area contributed by atoms with Crippen LogP contribution in [0.5, 0.6) is 17.2 Å². The molecule has 240 valence electrons. The Morgan fingerprint density at radius 2 is 1.78 bits per heavy atom. The molecule has 0 bridgehead atoms. The molecule has 0 aliphatic carbocycles. The van der Waals surface area contributed by atoms with E-state index < -0.39 is 6.03 Å². The second-order valence-corrected chi connectivity index (χ2v) is 12.2. The highest BCUT2D eigenvalue weighted by Gasteiger charge is 2.31. The Kier molecular flexibility index (Phi) is 9.28. The number of urea groups is 1. The van der Waals surface area contributed by atoms with Crippen LogP contribution in [0, 0.1) is 5.92 Å². The Bertz CT molecular complexity index is 1720. The van der Waals surface area contributed by atoms with E-state index in [9.17, 15) is 14.7 Å². The molecule has 3 atom stereocenters. The highest BCUT2D eigenvalue weighted by molar-refractivity contribution is 6.06. The molecule has 3 N–H and O–H groups in total. The molecule has 0 fully saturated rings. The Labute approximate surface area is 268 Å². The molecule has 0 radical (unpaired) electrons. The first-order valence-corrected chi connectivity index (χ1v) is 15.6. The molecule has 4 aromatic carbocycles. The molecule has 3 amide bonds. The van der Waals surface area contributed by atoms with Crippen molar-refractivity contribution in [1.82, 2.24) is 9.80 Å². The Hall–Kier alpha value is -4.80. The molecule has 6 rings (SSSR count). The van der Waals surface area contributed by atoms with Gasteiger partial charge in [0.1, 0.15) is 11.9 Å². The van der Waals surface area contributed by atoms with Gasteiger partial charge in [0, 0.05) is 42.2 Å². The summed E-state index contributed by atoms with van der Waals surface area (Å²) in [4.78, 5) is 30.6. The standard InChI is InChI=1S/C36H40N4O6/c1-23-18-40(24(2)21-41)35(42)17-27-16-28(37-36(43)38-30-10-6-8-26-7-4-5-9-29(26)30)12-14-31(27)46-34(23)20-39(3)19-25-11-13-32-33(15-25)45-22-44-32/h4-16,23-24,34,41H,17-22H2,1-3H3,(H2,37,38,43)/t23-,24+,34+/m1/s1. The van der Waals surface area contributed by atoms with Crippen molar-refractivity contribution in [3.05, 3.63) is 90.0 Å². The minimum absolute atomic E-state index is 0.0348. The van der Waals surface area contributed by atoms with Gasteiger partial charge in [0.05, 0.1) is 24.8 Å². The van der Waals surface area contributed by atoms with Crippen LogP contribution >= 0.6 is 0 Å². The van der Waals surface area contributed by atoms with Crippen LogP contribution in [0.2, 0.25) is 0 Å². The van der Waals surface area contributed by atoms with Crippen molar-refractivity contribution in [2.45, 2.75) is 39.0 Å². The fourth-order valence-corrected chi connectivity index (χ4v) is 6.07. The largest absolute Gasteiger partial charge is 0.488 e. The van der Waals surface area contributed by atoms with Crippen LogP contribution in [-0.2, 0) is 17.8 Å². The SMILES string of the molecule is C[C@@H]1CN([C@@H](C)CO)C(=O)Cc2cc(NC(=O)Nc3cccc4ccccc34)ccc2O[C@H]1CN(C)Cc1ccc2c(c1)OCO2. The number of fused-ring (bicyclic) bond motifs is 3. The lowest BCUT2D eigenvalue weighted by Gasteiger charge is -2.34. The van der Waals surface area contributed by atoms with E-state index in [4.69, 9.17) is 14.2 Å². The number of nitrogens with zero attached hydrogens (tertiary/aromatic N) is 2. The Morgan fingerprint density at radius 1 is 1.00 bits per heavy atom. The lowest BCUT2D eigenvalue weighted by atomic mass is 10.0. The fourth-order valence-electron chi connectivity index (χ4n) is 6.07. The molecule has 10 nitrogen and oxygen atoms in total. The van der Waals surface area contributed by atoms with Crippen LogP contribution in [-0.4, -0.2) is 72.5 Å². The lowest BCUT2D eigenvalue weighted by molar-refractivity contribution is -0.134. The van der Waals surface area contributed by atoms with Gasteiger partial charge < -0.3 is 34.9 Å². The summed E-state index contributed by atoms with van der Waals surface area (Å²) >= 11 is 0. The average Bonchev–Trinajstić information content (AvgIpc) is 3.53. The summed E-state index contributed by atoms with van der Waals surface area (Å²) in [7, 11) is 2.04. The van der Waals surface area contributed by atoms with Crippen molar-refractivity contribution in [2.24, 2.45) is 5.92 Å². The predicted octanol–water partition coefficient (Wildman–Crippen LogP) is 5.49. The normalized spacial score (nSPS) is 18.3. The molecule has 10 heteroatoms. The molecule has 2 heterocycles. The van der Waals surface area contributed by atoms with Crippen LogP contribution in [0.15, 0.2) is 78.9 Å². The minimum atomic E-state index is -0.390. The fraction of sp³-hybridized carbons (Fsp3) is 0.333. The van der Waals surface area contributed by atoms with Crippen molar-refractivity contribution in [3.8, 4) is 17.2 Å². The van der Waals surface area contributed by atoms with Gasteiger partial charge in [-0.1, -0.05) is 49.4 Å². The maximum Gasteiger partial charge on any atom is 0.323 e. The smallest absolute Gasteiger partial charge is 0.323 e. The molecule has 0 saturated heterocycles. The molecule has 0 spiro atoms. The number of likely N-dealkylation sites (N-methyl/N-ethyl adjacent to an activating group) is 1. The number of aliphatic hydroxyl groups is 1. The van der Waals surface area contributed by atoms with E-state index in [1.807, 2.05) is 80.7 Å². The van der Waals surface area contributed by atoms with E-state index in [-0.39, 0.29) is 43.8 Å². The molecular formula is C36H40N4O6. The van der Waals surface area contributed by atoms with Crippen molar-refractivity contribution in [1.29, 1.82) is 0 Å². The molecule has 4 aromatic rings. The molecule has 2 aliphatic rings. The van der Waals surface area contributed by atoms with Gasteiger partial charge in [0.15, 0.2) is 11.5 Å². The van der Waals surface area contributed by atoms with Gasteiger partial charge in [-0.3, -0.25) is 9.69 Å². The van der Waals surface area contributed by atoms with Crippen LogP contribution < -0.4 is 24.8 Å². The van der Waals surface area contributed by atoms with Crippen molar-refractivity contribution >= 4 is 34.1 Å². The first kappa shape index (κ1) is 31.2. The summed E-state index contributed by atoms with van der Waals surface area (Å²) in [6.07, 6.45) is -0.183. The summed E-state index contributed by atoms with van der Waals surface area (Å²) in [5, 5.41) is 17.8. The number of ether oxygens (including phenoxy) is 3. The summed E-state index contributed by atoms with van der Waals surface area (Å²) in [5.41, 5.74) is 3.00. The first-order chi connectivity index (χ1) is 22.3. The molecule has 0 unspecified atom stereocenters. The van der Waals surface area contributed by atoms with Gasteiger partial charge in [0.2, 0.25) is 12.7 Å². The zero-order valence-electron chi connectivity index (χ0n) is 26.4. The number of hydrogen-bond donors (Lipinski definition) is 3. The molecule has 0 aromatic heterocycles. The first-order valence-electron chi connectivity index (χ1n) is 15.6. The monoisotopic (exact) mass is 624 g/mol. The van der Waals surface area contributed by atoms with Crippen LogP contribution in [0.4, 0.5) is 16.2 Å². The zero-order chi connectivity index (χ0) is 32.2. The maximum atomic E-state index is 13.6. The third-order valence-corrected chi connectivity index (χ3v) is 8.59. The number of benzene rings is 4. The van der Waals surface area contributed by atoms with Crippen LogP contribution in [0.1, 0.15) is 25.0 Å². The van der Waals surface area contributed by atoms with Crippen LogP contribution in [0.3, 0.4) is 0 Å². The average molecular weight is 625 g/mol. The minimum Gasteiger partial charge on any atom is -0.488 e. The third-order valence-electron chi connectivity index (χ3n) is 8.59. The van der Waals surface area contributed by atoms with E-state index in [1.165, 1.54) is 0 Å². The summed E-state index contributed by atoms with van der Waals surface area (Å²) < 4.78 is 17.7. The summed E-state index contributed by atoms with van der Waals surface area (Å²) in [6, 6.07) is 24.2. The quantitative estimate of drug-likeness (QED) is 0.238.